The average molecular weight is 311 g/mol. The predicted molar refractivity (Wildman–Crippen MR) is 94.3 cm³/mol. The van der Waals surface area contributed by atoms with E-state index in [1.54, 1.807) is 0 Å². The third kappa shape index (κ3) is 7.48. The molecule has 1 aromatic rings. The first-order chi connectivity index (χ1) is 10.0. The molecular weight excluding hydrogens is 280 g/mol. The zero-order chi connectivity index (χ0) is 15.7. The van der Waals surface area contributed by atoms with Crippen molar-refractivity contribution in [1.82, 2.24) is 15.5 Å². The Labute approximate surface area is 133 Å². The Kier molecular flexibility index (Phi) is 8.38. The number of rotatable bonds is 8. The van der Waals surface area contributed by atoms with Crippen LogP contribution in [0, 0.1) is 5.92 Å². The van der Waals surface area contributed by atoms with Gasteiger partial charge in [0.1, 0.15) is 0 Å². The first-order valence-electron chi connectivity index (χ1n) is 7.70. The average Bonchev–Trinajstić information content (AvgIpc) is 2.94. The molecule has 0 saturated carbocycles. The fourth-order valence-corrected chi connectivity index (χ4v) is 2.81. The molecular formula is C16H30N4S. The van der Waals surface area contributed by atoms with Crippen LogP contribution < -0.4 is 10.6 Å². The maximum absolute atomic E-state index is 4.28. The molecule has 0 spiro atoms. The second-order valence-corrected chi connectivity index (χ2v) is 6.88. The van der Waals surface area contributed by atoms with Crippen LogP contribution in [0.3, 0.4) is 0 Å². The molecule has 120 valence electrons. The summed E-state index contributed by atoms with van der Waals surface area (Å²) in [4.78, 5) is 8.05. The van der Waals surface area contributed by atoms with Gasteiger partial charge in [0.15, 0.2) is 5.96 Å². The van der Waals surface area contributed by atoms with Crippen LogP contribution in [-0.2, 0) is 6.42 Å². The molecule has 0 amide bonds. The quantitative estimate of drug-likeness (QED) is 0.572. The minimum absolute atomic E-state index is 0.576. The van der Waals surface area contributed by atoms with E-state index >= 15 is 0 Å². The number of guanidine groups is 1. The van der Waals surface area contributed by atoms with Crippen LogP contribution >= 0.6 is 11.3 Å². The molecule has 1 unspecified atom stereocenters. The molecule has 0 aromatic carbocycles. The van der Waals surface area contributed by atoms with E-state index in [0.717, 1.165) is 32.0 Å². The van der Waals surface area contributed by atoms with E-state index in [1.807, 2.05) is 18.4 Å². The van der Waals surface area contributed by atoms with Crippen molar-refractivity contribution in [1.29, 1.82) is 0 Å². The molecule has 0 radical (unpaired) electrons. The number of hydrogen-bond donors (Lipinski definition) is 2. The lowest BCUT2D eigenvalue weighted by molar-refractivity contribution is 0.278. The summed E-state index contributed by atoms with van der Waals surface area (Å²) >= 11 is 1.83. The summed E-state index contributed by atoms with van der Waals surface area (Å²) in [6.45, 7) is 9.56. The third-order valence-electron chi connectivity index (χ3n) is 3.61. The Morgan fingerprint density at radius 2 is 2.10 bits per heavy atom. The number of likely N-dealkylation sites (N-methyl/N-ethyl adjacent to an activating group) is 1. The van der Waals surface area contributed by atoms with E-state index in [2.05, 4.69) is 65.9 Å². The lowest BCUT2D eigenvalue weighted by atomic mass is 10.1. The molecule has 4 nitrogen and oxygen atoms in total. The van der Waals surface area contributed by atoms with E-state index < -0.39 is 0 Å². The van der Waals surface area contributed by atoms with Crippen LogP contribution in [0.15, 0.2) is 22.5 Å². The van der Waals surface area contributed by atoms with Crippen molar-refractivity contribution in [2.45, 2.75) is 33.2 Å². The smallest absolute Gasteiger partial charge is 0.191 e. The van der Waals surface area contributed by atoms with Crippen molar-refractivity contribution in [3.05, 3.63) is 22.4 Å². The summed E-state index contributed by atoms with van der Waals surface area (Å²) in [5, 5.41) is 8.92. The molecule has 0 aliphatic heterocycles. The normalized spacial score (nSPS) is 13.8. The largest absolute Gasteiger partial charge is 0.356 e. The maximum atomic E-state index is 4.28. The molecule has 0 aliphatic rings. The second kappa shape index (κ2) is 9.79. The van der Waals surface area contributed by atoms with Gasteiger partial charge in [-0.15, -0.1) is 11.3 Å². The van der Waals surface area contributed by atoms with Gasteiger partial charge < -0.3 is 15.5 Å². The highest BCUT2D eigenvalue weighted by molar-refractivity contribution is 7.09. The van der Waals surface area contributed by atoms with Gasteiger partial charge in [-0.25, -0.2) is 0 Å². The van der Waals surface area contributed by atoms with Gasteiger partial charge in [-0.1, -0.05) is 13.0 Å². The van der Waals surface area contributed by atoms with Gasteiger partial charge in [0.25, 0.3) is 0 Å². The standard InChI is InChI=1S/C16H30N4S/c1-13(2)20(5)9-8-18-16(17-4)19-12-14(3)11-15-7-6-10-21-15/h6-7,10,13-14H,8-9,11-12H2,1-5H3,(H2,17,18,19). The molecule has 0 saturated heterocycles. The summed E-state index contributed by atoms with van der Waals surface area (Å²) in [6.07, 6.45) is 1.12. The highest BCUT2D eigenvalue weighted by Crippen LogP contribution is 2.13. The lowest BCUT2D eigenvalue weighted by Gasteiger charge is -2.22. The minimum Gasteiger partial charge on any atom is -0.356 e. The van der Waals surface area contributed by atoms with Crippen LogP contribution in [0.4, 0.5) is 0 Å². The Morgan fingerprint density at radius 1 is 1.33 bits per heavy atom. The van der Waals surface area contributed by atoms with Crippen molar-refractivity contribution in [3.8, 4) is 0 Å². The van der Waals surface area contributed by atoms with Crippen LogP contribution in [0.1, 0.15) is 25.6 Å². The monoisotopic (exact) mass is 310 g/mol. The van der Waals surface area contributed by atoms with Crippen LogP contribution in [0.5, 0.6) is 0 Å². The predicted octanol–water partition coefficient (Wildman–Crippen LogP) is 2.43. The van der Waals surface area contributed by atoms with Crippen LogP contribution in [0.2, 0.25) is 0 Å². The molecule has 0 aliphatic carbocycles. The van der Waals surface area contributed by atoms with Gasteiger partial charge >= 0.3 is 0 Å². The number of nitrogens with one attached hydrogen (secondary N) is 2. The summed E-state index contributed by atoms with van der Waals surface area (Å²) in [5.41, 5.74) is 0. The molecule has 0 fully saturated rings. The van der Waals surface area contributed by atoms with Crippen molar-refractivity contribution in [2.24, 2.45) is 10.9 Å². The van der Waals surface area contributed by atoms with Gasteiger partial charge in [0.2, 0.25) is 0 Å². The molecule has 1 heterocycles. The molecule has 5 heteroatoms. The molecule has 0 bridgehead atoms. The fourth-order valence-electron chi connectivity index (χ4n) is 1.94. The van der Waals surface area contributed by atoms with Gasteiger partial charge in [-0.05, 0) is 44.7 Å². The van der Waals surface area contributed by atoms with Gasteiger partial charge in [0.05, 0.1) is 0 Å². The number of hydrogen-bond acceptors (Lipinski definition) is 3. The molecule has 1 aromatic heterocycles. The van der Waals surface area contributed by atoms with Crippen LogP contribution in [0.25, 0.3) is 0 Å². The SMILES string of the molecule is CN=C(NCCN(C)C(C)C)NCC(C)Cc1cccs1. The number of nitrogens with zero attached hydrogens (tertiary/aromatic N) is 2. The molecule has 1 atom stereocenters. The van der Waals surface area contributed by atoms with Crippen molar-refractivity contribution < 1.29 is 0 Å². The Hall–Kier alpha value is -1.07. The van der Waals surface area contributed by atoms with Gasteiger partial charge in [0, 0.05) is 37.6 Å². The molecule has 1 rings (SSSR count). The van der Waals surface area contributed by atoms with Gasteiger partial charge in [-0.2, -0.15) is 0 Å². The highest BCUT2D eigenvalue weighted by atomic mass is 32.1. The number of thiophene rings is 1. The zero-order valence-electron chi connectivity index (χ0n) is 14.0. The Balaban J connectivity index is 2.21. The first-order valence-corrected chi connectivity index (χ1v) is 8.58. The van der Waals surface area contributed by atoms with Crippen molar-refractivity contribution in [2.75, 3.05) is 33.7 Å². The summed E-state index contributed by atoms with van der Waals surface area (Å²) in [6, 6.07) is 4.90. The highest BCUT2D eigenvalue weighted by Gasteiger charge is 2.07. The van der Waals surface area contributed by atoms with E-state index in [1.165, 1.54) is 4.88 Å². The van der Waals surface area contributed by atoms with E-state index in [4.69, 9.17) is 0 Å². The molecule has 21 heavy (non-hydrogen) atoms. The summed E-state index contributed by atoms with van der Waals surface area (Å²) in [7, 11) is 3.97. The van der Waals surface area contributed by atoms with Crippen molar-refractivity contribution >= 4 is 17.3 Å². The maximum Gasteiger partial charge on any atom is 0.191 e. The van der Waals surface area contributed by atoms with Crippen molar-refractivity contribution in [3.63, 3.8) is 0 Å². The van der Waals surface area contributed by atoms with E-state index in [0.29, 0.717) is 12.0 Å². The fraction of sp³-hybridized carbons (Fsp3) is 0.688. The summed E-state index contributed by atoms with van der Waals surface area (Å²) in [5.74, 6) is 1.49. The summed E-state index contributed by atoms with van der Waals surface area (Å²) < 4.78 is 0. The van der Waals surface area contributed by atoms with Crippen LogP contribution in [-0.4, -0.2) is 50.6 Å². The lowest BCUT2D eigenvalue weighted by Crippen LogP contribution is -2.43. The zero-order valence-corrected chi connectivity index (χ0v) is 14.8. The Bertz CT molecular complexity index is 400. The second-order valence-electron chi connectivity index (χ2n) is 5.84. The Morgan fingerprint density at radius 3 is 2.67 bits per heavy atom. The third-order valence-corrected chi connectivity index (χ3v) is 4.51. The van der Waals surface area contributed by atoms with E-state index in [9.17, 15) is 0 Å². The van der Waals surface area contributed by atoms with E-state index in [-0.39, 0.29) is 0 Å². The minimum atomic E-state index is 0.576. The first kappa shape index (κ1) is 18.0. The number of aliphatic imine (C=N–C) groups is 1. The topological polar surface area (TPSA) is 39.7 Å². The van der Waals surface area contributed by atoms with Gasteiger partial charge in [-0.3, -0.25) is 4.99 Å². The molecule has 2 N–H and O–H groups in total.